The second-order valence-corrected chi connectivity index (χ2v) is 21.0. The van der Waals surface area contributed by atoms with Gasteiger partial charge in [-0.15, -0.1) is 0 Å². The Morgan fingerprint density at radius 2 is 0.915 bits per heavy atom. The molecule has 18 nitrogen and oxygen atoms in total. The Morgan fingerprint density at radius 3 is 1.17 bits per heavy atom. The van der Waals surface area contributed by atoms with Crippen molar-refractivity contribution >= 4 is 99.5 Å². The minimum absolute atomic E-state index is 0.0509. The molecule has 0 aliphatic rings. The molecule has 428 valence electrons. The SMILES string of the molecule is C[C@](O)(CBr)C(=O)O.N#Cc1cc[nH]c1.[C-]#[N+]c1ccc(CC(=O)[C@@](C)(O)CBr)cc1C.[C-]#[N+]c1ccc(CC(=O)[C@@](C)(O)CBr)cc1C.[C-]#[N+]c1ccc(CC(=O)[C@@](C)(O)Cn2ccc(C#N)c2)cc1C.[C-]#[N+]c1ccc(N)cc1C. The first-order chi connectivity index (χ1) is 38.3. The molecule has 0 spiro atoms. The van der Waals surface area contributed by atoms with Crippen LogP contribution in [0.5, 0.6) is 0 Å². The summed E-state index contributed by atoms with van der Waals surface area (Å²) in [5, 5.41) is 64.4. The van der Waals surface area contributed by atoms with Gasteiger partial charge < -0.3 is 40.8 Å². The summed E-state index contributed by atoms with van der Waals surface area (Å²) in [6.07, 6.45) is 7.08. The van der Waals surface area contributed by atoms with E-state index >= 15 is 0 Å². The van der Waals surface area contributed by atoms with Crippen molar-refractivity contribution in [2.45, 2.75) is 104 Å². The molecule has 0 radical (unpaired) electrons. The Hall–Kier alpha value is -8.06. The number of nitriles is 2. The Balaban J connectivity index is 0.000000515. The second-order valence-electron chi connectivity index (χ2n) is 19.4. The summed E-state index contributed by atoms with van der Waals surface area (Å²) in [6.45, 7) is 40.8. The Labute approximate surface area is 504 Å². The number of hydrogen-bond donors (Lipinski definition) is 7. The number of carbonyl (C=O) groups excluding carboxylic acids is 3. The first-order valence-corrected chi connectivity index (χ1v) is 27.8. The van der Waals surface area contributed by atoms with E-state index in [4.69, 9.17) is 52.8 Å². The van der Waals surface area contributed by atoms with Crippen LogP contribution in [-0.2, 0) is 45.0 Å². The van der Waals surface area contributed by atoms with E-state index in [1.54, 1.807) is 102 Å². The van der Waals surface area contributed by atoms with Crippen molar-refractivity contribution < 1.29 is 44.7 Å². The predicted molar refractivity (Wildman–Crippen MR) is 326 cm³/mol. The van der Waals surface area contributed by atoms with Gasteiger partial charge in [0.05, 0.1) is 44.0 Å². The van der Waals surface area contributed by atoms with Crippen LogP contribution in [0.4, 0.5) is 28.4 Å². The van der Waals surface area contributed by atoms with Crippen molar-refractivity contribution in [2.75, 3.05) is 21.7 Å². The van der Waals surface area contributed by atoms with E-state index in [-0.39, 0.29) is 59.1 Å². The Kier molecular flexibility index (Phi) is 30.1. The number of hydrogen-bond acceptors (Lipinski definition) is 11. The quantitative estimate of drug-likeness (QED) is 0.0287. The number of rotatable bonds is 15. The number of nitrogens with two attached hydrogens (primary N) is 1. The number of H-pyrrole nitrogens is 1. The molecule has 6 aromatic rings. The summed E-state index contributed by atoms with van der Waals surface area (Å²) in [5.74, 6) is -1.98. The first-order valence-electron chi connectivity index (χ1n) is 24.5. The molecule has 2 heterocycles. The number of nitrogen functional groups attached to an aromatic ring is 1. The molecule has 0 amide bonds. The number of nitrogens with zero attached hydrogens (tertiary/aromatic N) is 7. The van der Waals surface area contributed by atoms with Crippen LogP contribution >= 0.6 is 47.8 Å². The number of aryl methyl sites for hydroxylation is 4. The number of nitrogens with one attached hydrogen (secondary N) is 1. The van der Waals surface area contributed by atoms with Crippen LogP contribution in [0.3, 0.4) is 0 Å². The highest BCUT2D eigenvalue weighted by Gasteiger charge is 2.32. The zero-order chi connectivity index (χ0) is 62.6. The zero-order valence-electron chi connectivity index (χ0n) is 46.6. The van der Waals surface area contributed by atoms with E-state index < -0.39 is 28.4 Å². The van der Waals surface area contributed by atoms with Crippen molar-refractivity contribution in [3.05, 3.63) is 205 Å². The molecule has 6 rings (SSSR count). The van der Waals surface area contributed by atoms with Crippen LogP contribution < -0.4 is 5.73 Å². The van der Waals surface area contributed by atoms with Crippen LogP contribution in [0.25, 0.3) is 19.4 Å². The van der Waals surface area contributed by atoms with Gasteiger partial charge in [-0.2, -0.15) is 10.5 Å². The van der Waals surface area contributed by atoms with Gasteiger partial charge in [0, 0.05) is 65.7 Å². The van der Waals surface area contributed by atoms with E-state index in [0.29, 0.717) is 39.6 Å². The molecule has 82 heavy (non-hydrogen) atoms. The minimum Gasteiger partial charge on any atom is -0.479 e. The number of aliphatic hydroxyl groups is 4. The molecule has 0 aliphatic heterocycles. The van der Waals surface area contributed by atoms with Gasteiger partial charge in [-0.25, -0.2) is 24.2 Å². The smallest absolute Gasteiger partial charge is 0.336 e. The number of carboxylic acid groups (broad SMARTS) is 1. The number of aliphatic carboxylic acids is 1. The molecular formula is C61H64Br3N9O9. The fourth-order valence-electron chi connectivity index (χ4n) is 6.44. The van der Waals surface area contributed by atoms with E-state index in [1.165, 1.54) is 27.7 Å². The molecule has 0 aliphatic carbocycles. The van der Waals surface area contributed by atoms with Crippen molar-refractivity contribution in [3.8, 4) is 12.1 Å². The lowest BCUT2D eigenvalue weighted by Gasteiger charge is -2.22. The number of carbonyl (C=O) groups is 4. The summed E-state index contributed by atoms with van der Waals surface area (Å²) >= 11 is 9.06. The summed E-state index contributed by atoms with van der Waals surface area (Å²) in [4.78, 5) is 62.1. The fraction of sp³-hybridized carbons (Fsp3) is 0.311. The molecule has 4 atom stereocenters. The number of anilines is 1. The number of aromatic amines is 1. The molecule has 0 saturated heterocycles. The fourth-order valence-corrected chi connectivity index (χ4v) is 7.30. The van der Waals surface area contributed by atoms with Crippen molar-refractivity contribution in [1.29, 1.82) is 10.5 Å². The van der Waals surface area contributed by atoms with Crippen LogP contribution in [0.15, 0.2) is 110 Å². The van der Waals surface area contributed by atoms with Gasteiger partial charge in [0.25, 0.3) is 0 Å². The highest BCUT2D eigenvalue weighted by molar-refractivity contribution is 9.09. The highest BCUT2D eigenvalue weighted by Crippen LogP contribution is 2.25. The third-order valence-electron chi connectivity index (χ3n) is 11.7. The largest absolute Gasteiger partial charge is 0.479 e. The maximum Gasteiger partial charge on any atom is 0.336 e. The summed E-state index contributed by atoms with van der Waals surface area (Å²) < 4.78 is 1.63. The van der Waals surface area contributed by atoms with Crippen molar-refractivity contribution in [2.24, 2.45) is 0 Å². The van der Waals surface area contributed by atoms with Crippen LogP contribution in [-0.4, -0.2) is 96.8 Å². The van der Waals surface area contributed by atoms with E-state index in [1.807, 2.05) is 52.0 Å². The molecule has 0 fully saturated rings. The molecule has 2 aromatic heterocycles. The third-order valence-corrected chi connectivity index (χ3v) is 15.0. The molecule has 21 heteroatoms. The summed E-state index contributed by atoms with van der Waals surface area (Å²) in [5.41, 5.74) is 9.80. The monoisotopic (exact) mass is 1300 g/mol. The number of carboxylic acids is 1. The normalized spacial score (nSPS) is 12.8. The number of halogens is 3. The van der Waals surface area contributed by atoms with E-state index in [9.17, 15) is 34.5 Å². The zero-order valence-corrected chi connectivity index (χ0v) is 51.3. The maximum absolute atomic E-state index is 12.4. The van der Waals surface area contributed by atoms with Crippen LogP contribution in [0, 0.1) is 76.6 Å². The predicted octanol–water partition coefficient (Wildman–Crippen LogP) is 11.6. The Bertz CT molecular complexity index is 3330. The molecule has 0 bridgehead atoms. The lowest BCUT2D eigenvalue weighted by atomic mass is 9.94. The average molecular weight is 1310 g/mol. The van der Waals surface area contributed by atoms with Crippen molar-refractivity contribution in [1.82, 2.24) is 9.55 Å². The molecule has 8 N–H and O–H groups in total. The van der Waals surface area contributed by atoms with Crippen LogP contribution in [0.1, 0.15) is 77.8 Å². The average Bonchev–Trinajstić information content (AvgIpc) is 4.17. The number of Topliss-reactive ketones (excluding diaryl/α,β-unsaturated/α-hetero) is 3. The molecule has 0 saturated carbocycles. The van der Waals surface area contributed by atoms with Gasteiger partial charge in [0.15, 0.2) is 45.7 Å². The summed E-state index contributed by atoms with van der Waals surface area (Å²) in [7, 11) is 0. The first kappa shape index (κ1) is 72.0. The lowest BCUT2D eigenvalue weighted by Crippen LogP contribution is -2.40. The minimum atomic E-state index is -1.62. The number of ketones is 3. The standard InChI is InChI=1S/C18H17N3O2.2C13H14BrNO2.C8H8N2.C5H4N2.C4H7BrO3/c1-13-8-14(4-5-16(13)20-3)9-17(22)18(2,23)12-21-7-6-15(10-19)11-21;2*1-9-6-10(4-5-11(9)15-3)7-12(16)13(2,17)8-14;1-6-5-7(9)3-4-8(6)10-2;6-3-5-1-2-7-4-5;1-4(8,2-5)3(6)7/h4-8,11,23H,9,12H2,1-2H3;2*4-6,17H,7-8H2,1-2H3;3-5H,9H2,1H3;1-2,4,7H;8H,2H2,1H3,(H,6,7)/t18-;2*13-;;;4-/m000..0/s1. The lowest BCUT2D eigenvalue weighted by molar-refractivity contribution is -0.154. The topological polar surface area (TPSA) is 281 Å². The Morgan fingerprint density at radius 1 is 0.561 bits per heavy atom. The highest BCUT2D eigenvalue weighted by atomic mass is 79.9. The van der Waals surface area contributed by atoms with Crippen molar-refractivity contribution in [3.63, 3.8) is 0 Å². The van der Waals surface area contributed by atoms with Gasteiger partial charge in [-0.3, -0.25) is 14.4 Å². The second kappa shape index (κ2) is 34.3. The third kappa shape index (κ3) is 24.3. The molecule has 4 aromatic carbocycles. The van der Waals surface area contributed by atoms with Gasteiger partial charge >= 0.3 is 5.97 Å². The number of alkyl halides is 3. The van der Waals surface area contributed by atoms with E-state index in [0.717, 1.165) is 38.9 Å². The van der Waals surface area contributed by atoms with Gasteiger partial charge in [0.1, 0.15) is 28.9 Å². The van der Waals surface area contributed by atoms with E-state index in [2.05, 4.69) is 72.2 Å². The van der Waals surface area contributed by atoms with Crippen LogP contribution in [0.2, 0.25) is 0 Å². The maximum atomic E-state index is 12.4. The number of benzene rings is 4. The van der Waals surface area contributed by atoms with Gasteiger partial charge in [-0.1, -0.05) is 108 Å². The molecular weight excluding hydrogens is 1240 g/mol. The summed E-state index contributed by atoms with van der Waals surface area (Å²) in [6, 6.07) is 28.4. The number of aromatic nitrogens is 2. The molecule has 0 unspecified atom stereocenters. The van der Waals surface area contributed by atoms with Gasteiger partial charge in [-0.05, 0) is 119 Å². The van der Waals surface area contributed by atoms with Gasteiger partial charge in [0.2, 0.25) is 0 Å².